The maximum atomic E-state index is 13.1. The van der Waals surface area contributed by atoms with Crippen molar-refractivity contribution in [2.24, 2.45) is 0 Å². The third-order valence-corrected chi connectivity index (χ3v) is 7.53. The molecule has 0 spiro atoms. The number of nitro groups is 2. The number of methoxy groups -OCH3 is 1. The third-order valence-electron chi connectivity index (χ3n) is 6.94. The van der Waals surface area contributed by atoms with Gasteiger partial charge in [0.1, 0.15) is 0 Å². The molecule has 0 bridgehead atoms. The van der Waals surface area contributed by atoms with Crippen molar-refractivity contribution in [1.29, 1.82) is 0 Å². The summed E-state index contributed by atoms with van der Waals surface area (Å²) in [5.74, 6) is -0.494. The number of non-ortho nitro benzene ring substituents is 1. The number of hydrogen-bond acceptors (Lipinski definition) is 9. The van der Waals surface area contributed by atoms with Crippen LogP contribution in [-0.4, -0.2) is 28.5 Å². The van der Waals surface area contributed by atoms with E-state index in [1.165, 1.54) is 7.11 Å². The zero-order chi connectivity index (χ0) is 27.1. The van der Waals surface area contributed by atoms with E-state index in [1.807, 2.05) is 0 Å². The molecule has 0 fully saturated rings. The second-order valence-electron chi connectivity index (χ2n) is 9.20. The smallest absolute Gasteiger partial charge is 0.318 e. The normalized spacial score (nSPS) is 17.5. The van der Waals surface area contributed by atoms with Gasteiger partial charge >= 0.3 is 5.69 Å². The molecule has 196 valence electrons. The number of carbonyl (C=O) groups excluding carboxylic acids is 2. The molecule has 0 atom stereocenters. The van der Waals surface area contributed by atoms with Gasteiger partial charge in [-0.3, -0.25) is 29.8 Å². The van der Waals surface area contributed by atoms with Crippen molar-refractivity contribution in [2.45, 2.75) is 44.4 Å². The first-order chi connectivity index (χ1) is 18.2. The number of carbonyl (C=O) groups is 2. The number of halogens is 1. The van der Waals surface area contributed by atoms with Crippen LogP contribution < -0.4 is 14.8 Å². The summed E-state index contributed by atoms with van der Waals surface area (Å²) < 4.78 is 11.8. The summed E-state index contributed by atoms with van der Waals surface area (Å²) in [5.41, 5.74) is 2.47. The van der Waals surface area contributed by atoms with Crippen molar-refractivity contribution >= 4 is 38.9 Å². The highest BCUT2D eigenvalue weighted by Gasteiger charge is 2.40. The number of nitrogens with one attached hydrogen (secondary N) is 1. The lowest BCUT2D eigenvalue weighted by Gasteiger charge is -2.37. The predicted octanol–water partition coefficient (Wildman–Crippen LogP) is 5.77. The number of dihydropyridines is 1. The maximum Gasteiger partial charge on any atom is 0.318 e. The fourth-order valence-corrected chi connectivity index (χ4v) is 5.82. The highest BCUT2D eigenvalue weighted by Crippen LogP contribution is 2.49. The molecule has 1 heterocycles. The zero-order valence-electron chi connectivity index (χ0n) is 20.2. The van der Waals surface area contributed by atoms with E-state index in [0.717, 1.165) is 42.4 Å². The minimum Gasteiger partial charge on any atom is -0.493 e. The van der Waals surface area contributed by atoms with Crippen molar-refractivity contribution in [3.05, 3.63) is 83.1 Å². The topological polar surface area (TPSA) is 151 Å². The lowest BCUT2D eigenvalue weighted by molar-refractivity contribution is -0.394. The van der Waals surface area contributed by atoms with Gasteiger partial charge in [0.25, 0.3) is 5.69 Å². The quantitative estimate of drug-likeness (QED) is 0.330. The summed E-state index contributed by atoms with van der Waals surface area (Å²) in [6.45, 7) is 0. The van der Waals surface area contributed by atoms with Gasteiger partial charge in [0.05, 0.1) is 27.5 Å². The molecule has 2 aromatic carbocycles. The number of ketones is 2. The molecule has 11 nitrogen and oxygen atoms in total. The van der Waals surface area contributed by atoms with Gasteiger partial charge in [0.15, 0.2) is 23.1 Å². The average Bonchev–Trinajstić information content (AvgIpc) is 2.88. The average molecular weight is 584 g/mol. The Balaban J connectivity index is 1.62. The van der Waals surface area contributed by atoms with Gasteiger partial charge < -0.3 is 14.8 Å². The molecule has 0 radical (unpaired) electrons. The summed E-state index contributed by atoms with van der Waals surface area (Å²) in [4.78, 5) is 47.4. The highest BCUT2D eigenvalue weighted by molar-refractivity contribution is 9.10. The lowest BCUT2D eigenvalue weighted by Crippen LogP contribution is -2.36. The molecule has 0 unspecified atom stereocenters. The van der Waals surface area contributed by atoms with Crippen LogP contribution in [0.4, 0.5) is 11.4 Å². The van der Waals surface area contributed by atoms with E-state index in [2.05, 4.69) is 21.2 Å². The fraction of sp³-hybridized carbons (Fsp3) is 0.308. The van der Waals surface area contributed by atoms with Gasteiger partial charge in [0.2, 0.25) is 5.75 Å². The number of benzene rings is 2. The molecular formula is C26H22BrN3O8. The Bertz CT molecular complexity index is 1440. The van der Waals surface area contributed by atoms with E-state index in [0.29, 0.717) is 46.9 Å². The van der Waals surface area contributed by atoms with Crippen LogP contribution in [0.15, 0.2) is 57.3 Å². The van der Waals surface area contributed by atoms with Crippen LogP contribution >= 0.6 is 15.9 Å². The van der Waals surface area contributed by atoms with Crippen LogP contribution in [0.25, 0.3) is 0 Å². The minimum absolute atomic E-state index is 0.00871. The van der Waals surface area contributed by atoms with Crippen LogP contribution in [-0.2, 0) is 9.59 Å². The minimum atomic E-state index is -0.766. The Kier molecular flexibility index (Phi) is 6.74. The molecule has 2 aliphatic carbocycles. The molecule has 38 heavy (non-hydrogen) atoms. The van der Waals surface area contributed by atoms with Crippen LogP contribution in [0.1, 0.15) is 50.0 Å². The molecule has 0 aromatic heterocycles. The van der Waals surface area contributed by atoms with Gasteiger partial charge in [-0.05, 0) is 65.4 Å². The van der Waals surface area contributed by atoms with E-state index in [1.54, 1.807) is 12.1 Å². The fourth-order valence-electron chi connectivity index (χ4n) is 5.28. The molecule has 5 rings (SSSR count). The van der Waals surface area contributed by atoms with Crippen LogP contribution in [0.2, 0.25) is 0 Å². The van der Waals surface area contributed by atoms with Gasteiger partial charge in [-0.15, -0.1) is 0 Å². The molecule has 1 aliphatic heterocycles. The summed E-state index contributed by atoms with van der Waals surface area (Å²) >= 11 is 3.47. The van der Waals surface area contributed by atoms with E-state index in [4.69, 9.17) is 9.47 Å². The molecule has 0 saturated heterocycles. The second-order valence-corrected chi connectivity index (χ2v) is 10.1. The van der Waals surface area contributed by atoms with Gasteiger partial charge in [0, 0.05) is 47.4 Å². The summed E-state index contributed by atoms with van der Waals surface area (Å²) in [7, 11) is 1.40. The molecular weight excluding hydrogens is 562 g/mol. The zero-order valence-corrected chi connectivity index (χ0v) is 21.8. The number of nitro benzene ring substituents is 2. The monoisotopic (exact) mass is 583 g/mol. The Morgan fingerprint density at radius 1 is 0.895 bits per heavy atom. The molecule has 2 aromatic rings. The number of allylic oxidation sites excluding steroid dienone is 4. The molecule has 0 amide bonds. The molecule has 12 heteroatoms. The number of Topliss-reactive ketones (excluding diaryl/α,β-unsaturated/α-hetero) is 2. The molecule has 3 aliphatic rings. The second kappa shape index (κ2) is 10.0. The maximum absolute atomic E-state index is 13.1. The van der Waals surface area contributed by atoms with Crippen molar-refractivity contribution in [2.75, 3.05) is 7.11 Å². The van der Waals surface area contributed by atoms with Gasteiger partial charge in [-0.25, -0.2) is 0 Å². The number of nitrogens with zero attached hydrogens (tertiary/aromatic N) is 2. The Hall–Kier alpha value is -4.06. The van der Waals surface area contributed by atoms with Crippen molar-refractivity contribution in [3.63, 3.8) is 0 Å². The van der Waals surface area contributed by atoms with E-state index in [-0.39, 0.29) is 28.8 Å². The highest BCUT2D eigenvalue weighted by atomic mass is 79.9. The first-order valence-electron chi connectivity index (χ1n) is 12.0. The van der Waals surface area contributed by atoms with Gasteiger partial charge in [-0.2, -0.15) is 0 Å². The van der Waals surface area contributed by atoms with E-state index >= 15 is 0 Å². The predicted molar refractivity (Wildman–Crippen MR) is 138 cm³/mol. The van der Waals surface area contributed by atoms with E-state index in [9.17, 15) is 29.8 Å². The van der Waals surface area contributed by atoms with Crippen LogP contribution in [0.5, 0.6) is 17.2 Å². The number of hydrogen-bond donors (Lipinski definition) is 1. The Labute approximate surface area is 224 Å². The van der Waals surface area contributed by atoms with Crippen molar-refractivity contribution < 1.29 is 28.9 Å². The third kappa shape index (κ3) is 4.44. The molecule has 0 saturated carbocycles. The van der Waals surface area contributed by atoms with Crippen molar-refractivity contribution in [1.82, 2.24) is 5.32 Å². The van der Waals surface area contributed by atoms with Crippen molar-refractivity contribution in [3.8, 4) is 17.2 Å². The van der Waals surface area contributed by atoms with Gasteiger partial charge in [-0.1, -0.05) is 0 Å². The van der Waals surface area contributed by atoms with Crippen LogP contribution in [0.3, 0.4) is 0 Å². The first-order valence-corrected chi connectivity index (χ1v) is 12.8. The van der Waals surface area contributed by atoms with E-state index < -0.39 is 27.1 Å². The number of ether oxygens (including phenoxy) is 2. The summed E-state index contributed by atoms with van der Waals surface area (Å²) in [6, 6.07) is 6.46. The van der Waals surface area contributed by atoms with Crippen LogP contribution in [0, 0.1) is 20.2 Å². The lowest BCUT2D eigenvalue weighted by atomic mass is 9.71. The summed E-state index contributed by atoms with van der Waals surface area (Å²) in [5, 5.41) is 26.1. The molecule has 1 N–H and O–H groups in total. The SMILES string of the molecule is COc1cc(C2C3=C(CCCC3=O)NC3=C2C(=O)CCC3)cc(Br)c1Oc1ccc([N+](=O)[O-])cc1[N+](=O)[O-]. The number of rotatable bonds is 6. The standard InChI is InChI=1S/C26H22BrN3O8/c1-37-22-11-13(10-15(27)26(22)38-21-9-8-14(29(33)34)12-18(21)30(35)36)23-24-16(4-2-6-19(24)31)28-17-5-3-7-20(32)25(17)23/h8-12,23,28H,2-7H2,1H3. The summed E-state index contributed by atoms with van der Waals surface area (Å²) in [6.07, 6.45) is 3.70. The Morgan fingerprint density at radius 2 is 1.53 bits per heavy atom. The largest absolute Gasteiger partial charge is 0.493 e. The first kappa shape index (κ1) is 25.6. The Morgan fingerprint density at radius 3 is 2.08 bits per heavy atom.